The molecule has 0 bridgehead atoms. The molecule has 0 aliphatic heterocycles. The summed E-state index contributed by atoms with van der Waals surface area (Å²) >= 11 is 0. The molecule has 0 spiro atoms. The van der Waals surface area contributed by atoms with Crippen LogP contribution >= 0.6 is 0 Å². The molecule has 9 aromatic carbocycles. The fraction of sp³-hybridized carbons (Fsp3) is 0. The second kappa shape index (κ2) is 12.2. The molecule has 59 heavy (non-hydrogen) atoms. The van der Waals surface area contributed by atoms with Gasteiger partial charge in [0.05, 0.1) is 44.3 Å². The second-order valence-electron chi connectivity index (χ2n) is 15.3. The molecule has 5 nitrogen and oxygen atoms in total. The summed E-state index contributed by atoms with van der Waals surface area (Å²) in [4.78, 5) is 10.7. The highest BCUT2D eigenvalue weighted by Gasteiger charge is 2.25. The van der Waals surface area contributed by atoms with Crippen LogP contribution in [0.15, 0.2) is 200 Å². The summed E-state index contributed by atoms with van der Waals surface area (Å²) < 4.78 is 7.21. The molecule has 0 radical (unpaired) electrons. The maximum absolute atomic E-state index is 5.39. The van der Waals surface area contributed by atoms with Crippen LogP contribution in [0.4, 0.5) is 0 Å². The smallest absolute Gasteiger partial charge is 0.235 e. The number of fused-ring (bicyclic) bond motifs is 14. The molecule has 274 valence electrons. The number of nitrogens with zero attached hydrogens (tertiary/aromatic N) is 5. The molecule has 0 saturated heterocycles. The zero-order valence-electron chi connectivity index (χ0n) is 31.8. The lowest BCUT2D eigenvalue weighted by molar-refractivity contribution is 1.01. The van der Waals surface area contributed by atoms with Crippen LogP contribution < -0.4 is 0 Å². The van der Waals surface area contributed by atoms with Gasteiger partial charge in [0, 0.05) is 60.0 Å². The van der Waals surface area contributed by atoms with Gasteiger partial charge in [0.1, 0.15) is 0 Å². The Kier molecular flexibility index (Phi) is 6.66. The second-order valence-corrected chi connectivity index (χ2v) is 15.3. The lowest BCUT2D eigenvalue weighted by atomic mass is 9.98. The Morgan fingerprint density at radius 2 is 0.814 bits per heavy atom. The quantitative estimate of drug-likeness (QED) is 0.180. The standard InChI is InChI=1S/C54H33N5/c1-4-16-35(17-5-1)51-40-23-10-13-25-43(40)55-54(56-51)59-45-27-15-12-24-41(45)49-47(59)33-29-34-28-32-46-50(48(34)49)42-31-30-39-38-22-11-14-26-44(38)57(36-18-6-2-7-19-36)52(39)53(42)58(46)37-20-8-3-9-21-37/h1-33H. The molecule has 0 fully saturated rings. The van der Waals surface area contributed by atoms with Crippen LogP contribution in [0.25, 0.3) is 116 Å². The van der Waals surface area contributed by atoms with Crippen molar-refractivity contribution in [1.29, 1.82) is 0 Å². The van der Waals surface area contributed by atoms with Crippen LogP contribution in [0.1, 0.15) is 0 Å². The summed E-state index contributed by atoms with van der Waals surface area (Å²) in [5, 5.41) is 10.7. The van der Waals surface area contributed by atoms with Gasteiger partial charge in [-0.2, -0.15) is 0 Å². The lowest BCUT2D eigenvalue weighted by Crippen LogP contribution is -2.03. The van der Waals surface area contributed by atoms with Gasteiger partial charge < -0.3 is 9.13 Å². The third-order valence-electron chi connectivity index (χ3n) is 12.2. The van der Waals surface area contributed by atoms with E-state index < -0.39 is 0 Å². The van der Waals surface area contributed by atoms with Gasteiger partial charge in [0.2, 0.25) is 5.95 Å². The number of aromatic nitrogens is 5. The summed E-state index contributed by atoms with van der Waals surface area (Å²) in [6.07, 6.45) is 0. The lowest BCUT2D eigenvalue weighted by Gasteiger charge is -2.12. The highest BCUT2D eigenvalue weighted by molar-refractivity contribution is 6.35. The minimum Gasteiger partial charge on any atom is -0.307 e. The van der Waals surface area contributed by atoms with Crippen molar-refractivity contribution in [2.45, 2.75) is 0 Å². The Balaban J connectivity index is 1.22. The summed E-state index contributed by atoms with van der Waals surface area (Å²) in [6, 6.07) is 71.8. The first-order valence-corrected chi connectivity index (χ1v) is 20.1. The van der Waals surface area contributed by atoms with Crippen molar-refractivity contribution >= 4 is 87.1 Å². The number of hydrogen-bond acceptors (Lipinski definition) is 2. The van der Waals surface area contributed by atoms with Gasteiger partial charge >= 0.3 is 0 Å². The molecule has 5 heteroatoms. The van der Waals surface area contributed by atoms with E-state index in [0.29, 0.717) is 5.95 Å². The molecule has 0 unspecified atom stereocenters. The molecular weight excluding hydrogens is 719 g/mol. The van der Waals surface area contributed by atoms with E-state index in [1.165, 1.54) is 59.6 Å². The van der Waals surface area contributed by atoms with Gasteiger partial charge in [0.25, 0.3) is 0 Å². The first kappa shape index (κ1) is 32.1. The average molecular weight is 752 g/mol. The third-order valence-corrected chi connectivity index (χ3v) is 12.2. The van der Waals surface area contributed by atoms with Crippen LogP contribution in [0, 0.1) is 0 Å². The highest BCUT2D eigenvalue weighted by atomic mass is 15.2. The SMILES string of the molecule is c1ccc(-c2nc(-n3c4ccccc4c4c5c(ccc43)ccc3c5c4ccc5c6ccccc6n(-c6ccccc6)c5c4n3-c3ccccc3)nc3ccccc23)cc1. The van der Waals surface area contributed by atoms with Crippen LogP contribution in [-0.4, -0.2) is 23.7 Å². The molecule has 0 atom stereocenters. The fourth-order valence-electron chi connectivity index (χ4n) is 9.80. The summed E-state index contributed by atoms with van der Waals surface area (Å²) in [7, 11) is 0. The Bertz CT molecular complexity index is 3820. The zero-order chi connectivity index (χ0) is 38.6. The summed E-state index contributed by atoms with van der Waals surface area (Å²) in [5.74, 6) is 0.654. The van der Waals surface area contributed by atoms with E-state index in [2.05, 4.69) is 208 Å². The Morgan fingerprint density at radius 3 is 1.53 bits per heavy atom. The molecule has 0 amide bonds. The first-order chi connectivity index (χ1) is 29.3. The number of benzene rings is 9. The van der Waals surface area contributed by atoms with Crippen molar-refractivity contribution < 1.29 is 0 Å². The monoisotopic (exact) mass is 751 g/mol. The predicted octanol–water partition coefficient (Wildman–Crippen LogP) is 13.7. The van der Waals surface area contributed by atoms with Crippen LogP contribution in [0.2, 0.25) is 0 Å². The Labute approximate surface area is 338 Å². The van der Waals surface area contributed by atoms with Gasteiger partial charge in [-0.3, -0.25) is 4.57 Å². The van der Waals surface area contributed by atoms with Gasteiger partial charge in [0.15, 0.2) is 0 Å². The largest absolute Gasteiger partial charge is 0.307 e. The van der Waals surface area contributed by atoms with E-state index in [1.54, 1.807) is 0 Å². The van der Waals surface area contributed by atoms with E-state index in [-0.39, 0.29) is 0 Å². The third kappa shape index (κ3) is 4.50. The molecule has 13 aromatic rings. The maximum atomic E-state index is 5.39. The van der Waals surface area contributed by atoms with Crippen LogP contribution in [-0.2, 0) is 0 Å². The van der Waals surface area contributed by atoms with Crippen molar-refractivity contribution in [3.63, 3.8) is 0 Å². The Hall–Kier alpha value is -8.02. The van der Waals surface area contributed by atoms with E-state index in [9.17, 15) is 0 Å². The molecule has 0 saturated carbocycles. The van der Waals surface area contributed by atoms with Gasteiger partial charge in [-0.15, -0.1) is 0 Å². The topological polar surface area (TPSA) is 40.6 Å². The van der Waals surface area contributed by atoms with Crippen molar-refractivity contribution in [2.24, 2.45) is 0 Å². The molecule has 0 aliphatic carbocycles. The number of para-hydroxylation sites is 5. The minimum absolute atomic E-state index is 0.654. The molecule has 0 aliphatic rings. The van der Waals surface area contributed by atoms with Crippen molar-refractivity contribution in [2.75, 3.05) is 0 Å². The van der Waals surface area contributed by atoms with E-state index in [1.807, 2.05) is 6.07 Å². The number of rotatable bonds is 4. The molecule has 0 N–H and O–H groups in total. The van der Waals surface area contributed by atoms with Crippen LogP contribution in [0.5, 0.6) is 0 Å². The molecule has 4 aromatic heterocycles. The van der Waals surface area contributed by atoms with Gasteiger partial charge in [-0.25, -0.2) is 9.97 Å². The van der Waals surface area contributed by atoms with E-state index in [0.717, 1.165) is 50.1 Å². The highest BCUT2D eigenvalue weighted by Crippen LogP contribution is 2.47. The molecule has 13 rings (SSSR count). The number of hydrogen-bond donors (Lipinski definition) is 0. The van der Waals surface area contributed by atoms with E-state index in [4.69, 9.17) is 9.97 Å². The van der Waals surface area contributed by atoms with Crippen molar-refractivity contribution in [1.82, 2.24) is 23.7 Å². The van der Waals surface area contributed by atoms with Crippen molar-refractivity contribution in [3.05, 3.63) is 200 Å². The molecule has 4 heterocycles. The van der Waals surface area contributed by atoms with Crippen molar-refractivity contribution in [3.8, 4) is 28.6 Å². The predicted molar refractivity (Wildman–Crippen MR) is 245 cm³/mol. The fourth-order valence-corrected chi connectivity index (χ4v) is 9.80. The van der Waals surface area contributed by atoms with Gasteiger partial charge in [-0.1, -0.05) is 146 Å². The van der Waals surface area contributed by atoms with Gasteiger partial charge in [-0.05, 0) is 60.0 Å². The summed E-state index contributed by atoms with van der Waals surface area (Å²) in [6.45, 7) is 0. The minimum atomic E-state index is 0.654. The van der Waals surface area contributed by atoms with E-state index >= 15 is 0 Å². The average Bonchev–Trinajstić information content (AvgIpc) is 3.95. The maximum Gasteiger partial charge on any atom is 0.235 e. The van der Waals surface area contributed by atoms with Crippen LogP contribution in [0.3, 0.4) is 0 Å². The first-order valence-electron chi connectivity index (χ1n) is 20.1. The molecular formula is C54H33N5. The summed E-state index contributed by atoms with van der Waals surface area (Å²) in [5.41, 5.74) is 12.0. The normalized spacial score (nSPS) is 12.1. The zero-order valence-corrected chi connectivity index (χ0v) is 31.8. The Morgan fingerprint density at radius 1 is 0.305 bits per heavy atom.